The molecule has 2 unspecified atom stereocenters. The molecule has 0 radical (unpaired) electrons. The molecule has 1 saturated carbocycles. The number of nitrogen functional groups attached to an aromatic ring is 1. The van der Waals surface area contributed by atoms with Crippen LogP contribution in [0.3, 0.4) is 0 Å². The zero-order chi connectivity index (χ0) is 29.2. The van der Waals surface area contributed by atoms with Gasteiger partial charge in [0.25, 0.3) is 5.95 Å². The lowest BCUT2D eigenvalue weighted by molar-refractivity contribution is -0.125. The van der Waals surface area contributed by atoms with Gasteiger partial charge in [0.05, 0.1) is 36.5 Å². The van der Waals surface area contributed by atoms with E-state index in [4.69, 9.17) is 20.8 Å². The van der Waals surface area contributed by atoms with Crippen molar-refractivity contribution in [1.29, 1.82) is 0 Å². The predicted octanol–water partition coefficient (Wildman–Crippen LogP) is 0.982. The van der Waals surface area contributed by atoms with Crippen LogP contribution in [0.2, 0.25) is 0 Å². The van der Waals surface area contributed by atoms with E-state index >= 15 is 0 Å². The molecule has 1 aliphatic rings. The van der Waals surface area contributed by atoms with Crippen LogP contribution in [0.1, 0.15) is 29.5 Å². The quantitative estimate of drug-likeness (QED) is 0.149. The summed E-state index contributed by atoms with van der Waals surface area (Å²) >= 11 is 0. The molecular weight excluding hydrogens is 538 g/mol. The molecule has 6 rings (SSSR count). The maximum Gasteiger partial charge on any atom is 0.254 e. The predicted molar refractivity (Wildman–Crippen MR) is 155 cm³/mol. The summed E-state index contributed by atoms with van der Waals surface area (Å²) in [7, 11) is 0. The summed E-state index contributed by atoms with van der Waals surface area (Å²) in [6.07, 6.45) is 2.35. The Hall–Kier alpha value is -4.85. The molecule has 216 valence electrons. The highest BCUT2D eigenvalue weighted by Gasteiger charge is 2.43. The topological polar surface area (TPSA) is 189 Å². The van der Waals surface area contributed by atoms with E-state index in [0.717, 1.165) is 11.1 Å². The number of hydrogen-bond donors (Lipinski definition) is 6. The zero-order valence-electron chi connectivity index (χ0n) is 22.5. The largest absolute Gasteiger partial charge is 0.396 e. The number of nitrogens with two attached hydrogens (primary N) is 1. The number of benzene rings is 2. The Kier molecular flexibility index (Phi) is 7.52. The van der Waals surface area contributed by atoms with Gasteiger partial charge < -0.3 is 36.3 Å². The fourth-order valence-electron chi connectivity index (χ4n) is 5.50. The first-order valence-corrected chi connectivity index (χ1v) is 13.6. The number of hydrogen-bond acceptors (Lipinski definition) is 10. The van der Waals surface area contributed by atoms with Crippen molar-refractivity contribution in [2.24, 2.45) is 0 Å². The molecule has 0 spiro atoms. The molecule has 1 amide bonds. The number of aliphatic hydroxyl groups is 3. The smallest absolute Gasteiger partial charge is 0.254 e. The number of rotatable bonds is 9. The first-order valence-electron chi connectivity index (χ1n) is 13.6. The van der Waals surface area contributed by atoms with Crippen LogP contribution in [0.15, 0.2) is 79.4 Å². The molecule has 0 bridgehead atoms. The Morgan fingerprint density at radius 2 is 1.71 bits per heavy atom. The van der Waals surface area contributed by atoms with Gasteiger partial charge in [0.1, 0.15) is 18.8 Å². The van der Waals surface area contributed by atoms with E-state index in [9.17, 15) is 15.0 Å². The number of carbonyl (C=O) groups excluding carboxylic acids is 1. The number of anilines is 2. The summed E-state index contributed by atoms with van der Waals surface area (Å²) in [4.78, 5) is 25.8. The number of aromatic nitrogens is 6. The van der Waals surface area contributed by atoms with Crippen LogP contribution in [-0.4, -0.2) is 81.9 Å². The Balaban J connectivity index is 1.38. The summed E-state index contributed by atoms with van der Waals surface area (Å²) in [5.74, 6) is 0.0579. The van der Waals surface area contributed by atoms with Crippen LogP contribution >= 0.6 is 0 Å². The van der Waals surface area contributed by atoms with Crippen molar-refractivity contribution in [2.75, 3.05) is 24.2 Å². The SMILES string of the molecule is Nc1cnn(-c2nc(NCC(c3ccccc3)c3ccccc3)c3ncn(C4C[C@H](NC(=O)CO)[C@@H](O)C4O)c3n2)c1. The van der Waals surface area contributed by atoms with E-state index in [-0.39, 0.29) is 18.3 Å². The van der Waals surface area contributed by atoms with Crippen molar-refractivity contribution in [2.45, 2.75) is 36.6 Å². The number of amides is 1. The molecule has 3 heterocycles. The molecule has 7 N–H and O–H groups in total. The number of nitrogens with zero attached hydrogens (tertiary/aromatic N) is 6. The van der Waals surface area contributed by atoms with Crippen LogP contribution in [0.4, 0.5) is 11.5 Å². The van der Waals surface area contributed by atoms with Gasteiger partial charge in [-0.05, 0) is 17.5 Å². The fourth-order valence-corrected chi connectivity index (χ4v) is 5.50. The molecule has 5 aromatic rings. The Bertz CT molecular complexity index is 1640. The van der Waals surface area contributed by atoms with E-state index in [0.29, 0.717) is 29.2 Å². The van der Waals surface area contributed by atoms with Gasteiger partial charge in [-0.3, -0.25) is 4.79 Å². The Labute approximate surface area is 240 Å². The average molecular weight is 570 g/mol. The molecule has 1 aliphatic carbocycles. The van der Waals surface area contributed by atoms with Crippen LogP contribution in [-0.2, 0) is 4.79 Å². The van der Waals surface area contributed by atoms with Crippen molar-refractivity contribution < 1.29 is 20.1 Å². The Morgan fingerprint density at radius 3 is 2.33 bits per heavy atom. The first kappa shape index (κ1) is 27.3. The van der Waals surface area contributed by atoms with Gasteiger partial charge in [-0.2, -0.15) is 15.1 Å². The lowest BCUT2D eigenvalue weighted by Crippen LogP contribution is -2.44. The fraction of sp³-hybridized carbons (Fsp3) is 0.276. The molecular formula is C29H31N9O4. The van der Waals surface area contributed by atoms with Gasteiger partial charge in [-0.1, -0.05) is 60.7 Å². The van der Waals surface area contributed by atoms with Crippen LogP contribution in [0.25, 0.3) is 17.1 Å². The Morgan fingerprint density at radius 1 is 1.02 bits per heavy atom. The minimum Gasteiger partial charge on any atom is -0.396 e. The van der Waals surface area contributed by atoms with Crippen molar-refractivity contribution >= 4 is 28.6 Å². The average Bonchev–Trinajstić information content (AvgIpc) is 3.72. The monoisotopic (exact) mass is 569 g/mol. The molecule has 4 atom stereocenters. The minimum absolute atomic E-state index is 0.00555. The van der Waals surface area contributed by atoms with Gasteiger partial charge in [0, 0.05) is 12.5 Å². The van der Waals surface area contributed by atoms with Gasteiger partial charge in [0.2, 0.25) is 5.91 Å². The molecule has 0 saturated heterocycles. The number of carbonyl (C=O) groups is 1. The molecule has 0 aliphatic heterocycles. The molecule has 2 aromatic carbocycles. The summed E-state index contributed by atoms with van der Waals surface area (Å²) in [6, 6.07) is 18.9. The third kappa shape index (κ3) is 5.28. The summed E-state index contributed by atoms with van der Waals surface area (Å²) in [5, 5.41) is 41.0. The highest BCUT2D eigenvalue weighted by atomic mass is 16.3. The number of aliphatic hydroxyl groups excluding tert-OH is 3. The standard InChI is InChI=1S/C29H31N9O4/c30-19-12-33-38(14-19)29-35-27(31-13-20(17-7-3-1-4-8-17)18-9-5-2-6-10-18)24-28(36-29)37(16-32-24)22-11-21(25(41)26(22)42)34-23(40)15-39/h1-10,12,14,16,20-22,25-26,39,41-42H,11,13,15,30H2,(H,34,40)(H,31,35,36)/t21-,22?,25+,26?/m0/s1. The van der Waals surface area contributed by atoms with Crippen LogP contribution < -0.4 is 16.4 Å². The van der Waals surface area contributed by atoms with E-state index in [1.165, 1.54) is 17.2 Å². The maximum atomic E-state index is 11.8. The van der Waals surface area contributed by atoms with E-state index in [1.54, 1.807) is 10.8 Å². The van der Waals surface area contributed by atoms with Gasteiger partial charge >= 0.3 is 0 Å². The van der Waals surface area contributed by atoms with E-state index < -0.39 is 36.8 Å². The van der Waals surface area contributed by atoms with E-state index in [1.807, 2.05) is 36.4 Å². The molecule has 13 nitrogen and oxygen atoms in total. The van der Waals surface area contributed by atoms with Crippen molar-refractivity contribution in [1.82, 2.24) is 34.6 Å². The molecule has 13 heteroatoms. The summed E-state index contributed by atoms with van der Waals surface area (Å²) < 4.78 is 3.12. The maximum absolute atomic E-state index is 11.8. The second kappa shape index (κ2) is 11.6. The van der Waals surface area contributed by atoms with E-state index in [2.05, 4.69) is 45.0 Å². The third-order valence-corrected chi connectivity index (χ3v) is 7.59. The van der Waals surface area contributed by atoms with Crippen molar-refractivity contribution in [3.63, 3.8) is 0 Å². The minimum atomic E-state index is -1.25. The van der Waals surface area contributed by atoms with Crippen LogP contribution in [0.5, 0.6) is 0 Å². The second-order valence-electron chi connectivity index (χ2n) is 10.3. The zero-order valence-corrected chi connectivity index (χ0v) is 22.5. The van der Waals surface area contributed by atoms with Gasteiger partial charge in [-0.25, -0.2) is 9.67 Å². The van der Waals surface area contributed by atoms with Gasteiger partial charge in [-0.15, -0.1) is 0 Å². The normalized spacial score (nSPS) is 20.3. The molecule has 1 fully saturated rings. The molecule has 3 aromatic heterocycles. The lowest BCUT2D eigenvalue weighted by Gasteiger charge is -2.20. The number of imidazole rings is 1. The molecule has 42 heavy (non-hydrogen) atoms. The van der Waals surface area contributed by atoms with Crippen LogP contribution in [0, 0.1) is 0 Å². The number of fused-ring (bicyclic) bond motifs is 1. The highest BCUT2D eigenvalue weighted by molar-refractivity contribution is 5.84. The second-order valence-corrected chi connectivity index (χ2v) is 10.3. The first-order chi connectivity index (χ1) is 20.4. The van der Waals surface area contributed by atoms with Crippen molar-refractivity contribution in [3.05, 3.63) is 90.5 Å². The number of nitrogens with one attached hydrogen (secondary N) is 2. The summed E-state index contributed by atoms with van der Waals surface area (Å²) in [6.45, 7) is -0.225. The third-order valence-electron chi connectivity index (χ3n) is 7.59. The summed E-state index contributed by atoms with van der Waals surface area (Å²) in [5.41, 5.74) is 9.48. The lowest BCUT2D eigenvalue weighted by atomic mass is 9.91. The van der Waals surface area contributed by atoms with Gasteiger partial charge in [0.15, 0.2) is 17.0 Å². The highest BCUT2D eigenvalue weighted by Crippen LogP contribution is 2.35. The van der Waals surface area contributed by atoms with Crippen molar-refractivity contribution in [3.8, 4) is 5.95 Å².